The van der Waals surface area contributed by atoms with E-state index >= 15 is 0 Å². The van der Waals surface area contributed by atoms with Gasteiger partial charge in [-0.05, 0) is 61.9 Å². The Balaban J connectivity index is 2.08. The second kappa shape index (κ2) is 8.45. The number of carbonyl (C=O) groups excluding carboxylic acids is 2. The largest absolute Gasteiger partial charge is 0.478 e. The van der Waals surface area contributed by atoms with Gasteiger partial charge in [0.25, 0.3) is 5.91 Å². The summed E-state index contributed by atoms with van der Waals surface area (Å²) in [7, 11) is 0. The highest BCUT2D eigenvalue weighted by molar-refractivity contribution is 9.10. The number of halogens is 1. The number of nitrogens with zero attached hydrogens (tertiary/aromatic N) is 1. The summed E-state index contributed by atoms with van der Waals surface area (Å²) < 4.78 is 6.03. The first kappa shape index (κ1) is 20.5. The van der Waals surface area contributed by atoms with E-state index in [0.717, 1.165) is 4.47 Å². The molecule has 1 amide bonds. The monoisotopic (exact) mass is 455 g/mol. The van der Waals surface area contributed by atoms with Crippen molar-refractivity contribution in [1.29, 1.82) is 0 Å². The quantitative estimate of drug-likeness (QED) is 0.532. The summed E-state index contributed by atoms with van der Waals surface area (Å²) in [4.78, 5) is 38.3. The second-order valence-corrected chi connectivity index (χ2v) is 7.20. The third kappa shape index (κ3) is 4.14. The first-order valence-electron chi connectivity index (χ1n) is 8.87. The number of rotatable bonds is 5. The molecule has 0 atom stereocenters. The lowest BCUT2D eigenvalue weighted by molar-refractivity contribution is -0.138. The SMILES string of the molecule is CCOC(=O)C1=C(C)N(c2ccc(Br)cc2)C(=O)/C1=C\c1ccc(C(=O)O)cc1. The van der Waals surface area contributed by atoms with E-state index in [1.807, 2.05) is 12.1 Å². The molecule has 0 radical (unpaired) electrons. The number of carbonyl (C=O) groups is 3. The summed E-state index contributed by atoms with van der Waals surface area (Å²) in [6, 6.07) is 13.2. The molecule has 2 aromatic rings. The molecule has 1 N–H and O–H groups in total. The number of anilines is 1. The third-order valence-corrected chi connectivity index (χ3v) is 4.96. The number of carboxylic acids is 1. The summed E-state index contributed by atoms with van der Waals surface area (Å²) in [5.41, 5.74) is 2.24. The lowest BCUT2D eigenvalue weighted by Crippen LogP contribution is -2.24. The molecule has 0 bridgehead atoms. The summed E-state index contributed by atoms with van der Waals surface area (Å²) >= 11 is 3.37. The first-order valence-corrected chi connectivity index (χ1v) is 9.66. The number of hydrogen-bond donors (Lipinski definition) is 1. The number of allylic oxidation sites excluding steroid dienone is 1. The van der Waals surface area contributed by atoms with Gasteiger partial charge in [-0.1, -0.05) is 28.1 Å². The molecule has 6 nitrogen and oxygen atoms in total. The Morgan fingerprint density at radius 2 is 1.72 bits per heavy atom. The number of hydrogen-bond acceptors (Lipinski definition) is 4. The Labute approximate surface area is 176 Å². The van der Waals surface area contributed by atoms with Crippen LogP contribution in [0, 0.1) is 0 Å². The summed E-state index contributed by atoms with van der Waals surface area (Å²) in [6.07, 6.45) is 1.57. The van der Waals surface area contributed by atoms with Crippen molar-refractivity contribution in [2.24, 2.45) is 0 Å². The van der Waals surface area contributed by atoms with Gasteiger partial charge in [0.1, 0.15) is 0 Å². The van der Waals surface area contributed by atoms with Crippen molar-refractivity contribution in [3.05, 3.63) is 81.0 Å². The summed E-state index contributed by atoms with van der Waals surface area (Å²) in [5, 5.41) is 9.04. The van der Waals surface area contributed by atoms with Crippen molar-refractivity contribution in [1.82, 2.24) is 0 Å². The molecule has 0 spiro atoms. The van der Waals surface area contributed by atoms with E-state index in [4.69, 9.17) is 9.84 Å². The number of benzene rings is 2. The fourth-order valence-electron chi connectivity index (χ4n) is 3.07. The Morgan fingerprint density at radius 1 is 1.10 bits per heavy atom. The summed E-state index contributed by atoms with van der Waals surface area (Å²) in [5.74, 6) is -1.97. The lowest BCUT2D eigenvalue weighted by Gasteiger charge is -2.18. The van der Waals surface area contributed by atoms with E-state index < -0.39 is 11.9 Å². The van der Waals surface area contributed by atoms with Crippen LogP contribution in [0.1, 0.15) is 29.8 Å². The molecule has 148 valence electrons. The van der Waals surface area contributed by atoms with Crippen molar-refractivity contribution in [2.45, 2.75) is 13.8 Å². The van der Waals surface area contributed by atoms with Gasteiger partial charge in [0.15, 0.2) is 0 Å². The van der Waals surface area contributed by atoms with Gasteiger partial charge in [-0.2, -0.15) is 0 Å². The Morgan fingerprint density at radius 3 is 2.28 bits per heavy atom. The van der Waals surface area contributed by atoms with Crippen molar-refractivity contribution < 1.29 is 24.2 Å². The maximum atomic E-state index is 13.2. The molecule has 0 unspecified atom stereocenters. The van der Waals surface area contributed by atoms with Gasteiger partial charge in [0.05, 0.1) is 23.3 Å². The van der Waals surface area contributed by atoms with Gasteiger partial charge in [-0.15, -0.1) is 0 Å². The smallest absolute Gasteiger partial charge is 0.340 e. The third-order valence-electron chi connectivity index (χ3n) is 4.43. The molecular weight excluding hydrogens is 438 g/mol. The molecule has 3 rings (SSSR count). The maximum Gasteiger partial charge on any atom is 0.340 e. The molecule has 29 heavy (non-hydrogen) atoms. The van der Waals surface area contributed by atoms with Gasteiger partial charge in [-0.3, -0.25) is 9.69 Å². The maximum absolute atomic E-state index is 13.2. The van der Waals surface area contributed by atoms with E-state index in [9.17, 15) is 14.4 Å². The first-order chi connectivity index (χ1) is 13.8. The van der Waals surface area contributed by atoms with Crippen LogP contribution >= 0.6 is 15.9 Å². The van der Waals surface area contributed by atoms with Crippen LogP contribution < -0.4 is 4.90 Å². The van der Waals surface area contributed by atoms with E-state index in [1.165, 1.54) is 17.0 Å². The molecule has 7 heteroatoms. The summed E-state index contributed by atoms with van der Waals surface area (Å²) in [6.45, 7) is 3.58. The Hall–Kier alpha value is -3.19. The minimum atomic E-state index is -1.04. The highest BCUT2D eigenvalue weighted by atomic mass is 79.9. The molecule has 0 saturated carbocycles. The molecule has 1 aliphatic rings. The highest BCUT2D eigenvalue weighted by Gasteiger charge is 2.38. The van der Waals surface area contributed by atoms with Crippen molar-refractivity contribution in [3.63, 3.8) is 0 Å². The van der Waals surface area contributed by atoms with Crippen molar-refractivity contribution >= 4 is 45.5 Å². The fraction of sp³-hybridized carbons (Fsp3) is 0.136. The molecule has 0 saturated heterocycles. The van der Waals surface area contributed by atoms with E-state index in [-0.39, 0.29) is 29.2 Å². The molecule has 2 aromatic carbocycles. The zero-order chi connectivity index (χ0) is 21.1. The molecule has 0 aliphatic carbocycles. The number of ether oxygens (including phenoxy) is 1. The van der Waals surface area contributed by atoms with E-state index in [2.05, 4.69) is 15.9 Å². The van der Waals surface area contributed by atoms with Crippen LogP contribution in [0.2, 0.25) is 0 Å². The van der Waals surface area contributed by atoms with Crippen LogP contribution in [0.5, 0.6) is 0 Å². The number of esters is 1. The van der Waals surface area contributed by atoms with E-state index in [0.29, 0.717) is 16.9 Å². The second-order valence-electron chi connectivity index (χ2n) is 6.28. The van der Waals surface area contributed by atoms with Crippen molar-refractivity contribution in [3.8, 4) is 0 Å². The van der Waals surface area contributed by atoms with Crippen LogP contribution in [0.15, 0.2) is 69.8 Å². The average molecular weight is 456 g/mol. The highest BCUT2D eigenvalue weighted by Crippen LogP contribution is 2.35. The average Bonchev–Trinajstić information content (AvgIpc) is 2.93. The Bertz CT molecular complexity index is 1040. The number of carboxylic acid groups (broad SMARTS) is 1. The normalized spacial score (nSPS) is 15.2. The lowest BCUT2D eigenvalue weighted by atomic mass is 10.0. The van der Waals surface area contributed by atoms with Crippen LogP contribution in [0.25, 0.3) is 6.08 Å². The molecule has 1 heterocycles. The van der Waals surface area contributed by atoms with Crippen LogP contribution in [0.3, 0.4) is 0 Å². The van der Waals surface area contributed by atoms with Gasteiger partial charge < -0.3 is 9.84 Å². The standard InChI is InChI=1S/C22H18BrNO5/c1-3-29-22(28)19-13(2)24(17-10-8-16(23)9-11-17)20(25)18(19)12-14-4-6-15(7-5-14)21(26)27/h4-12H,3H2,1-2H3,(H,26,27)/b18-12-. The molecule has 0 aromatic heterocycles. The molecule has 0 fully saturated rings. The van der Waals surface area contributed by atoms with Crippen LogP contribution in [0.4, 0.5) is 5.69 Å². The van der Waals surface area contributed by atoms with Crippen LogP contribution in [-0.4, -0.2) is 29.6 Å². The Kier molecular flexibility index (Phi) is 5.98. The number of aromatic carboxylic acids is 1. The fourth-order valence-corrected chi connectivity index (χ4v) is 3.34. The van der Waals surface area contributed by atoms with Gasteiger partial charge in [0.2, 0.25) is 0 Å². The van der Waals surface area contributed by atoms with Gasteiger partial charge >= 0.3 is 11.9 Å². The minimum absolute atomic E-state index is 0.138. The molecule has 1 aliphatic heterocycles. The minimum Gasteiger partial charge on any atom is -0.478 e. The van der Waals surface area contributed by atoms with Gasteiger partial charge in [-0.25, -0.2) is 9.59 Å². The number of amides is 1. The van der Waals surface area contributed by atoms with Crippen LogP contribution in [-0.2, 0) is 14.3 Å². The van der Waals surface area contributed by atoms with Crippen molar-refractivity contribution in [2.75, 3.05) is 11.5 Å². The molecular formula is C22H18BrNO5. The predicted molar refractivity (Wildman–Crippen MR) is 112 cm³/mol. The van der Waals surface area contributed by atoms with Gasteiger partial charge in [0, 0.05) is 15.9 Å². The zero-order valence-corrected chi connectivity index (χ0v) is 17.4. The zero-order valence-electron chi connectivity index (χ0n) is 15.8. The topological polar surface area (TPSA) is 83.9 Å². The van der Waals surface area contributed by atoms with E-state index in [1.54, 1.807) is 44.2 Å². The predicted octanol–water partition coefficient (Wildman–Crippen LogP) is 4.41.